The smallest absolute Gasteiger partial charge is 0.263 e. The summed E-state index contributed by atoms with van der Waals surface area (Å²) >= 11 is 2.85. The molecular formula is C22H23N3O2S2. The number of benzene rings is 1. The number of thioether (sulfide) groups is 1. The Bertz CT molecular complexity index is 1130. The Morgan fingerprint density at radius 2 is 2.10 bits per heavy atom. The monoisotopic (exact) mass is 425 g/mol. The lowest BCUT2D eigenvalue weighted by molar-refractivity contribution is -0.120. The van der Waals surface area contributed by atoms with Crippen molar-refractivity contribution in [3.05, 3.63) is 69.3 Å². The minimum atomic E-state index is -0.473. The summed E-state index contributed by atoms with van der Waals surface area (Å²) in [5.74, 6) is -0.0401. The van der Waals surface area contributed by atoms with Crippen LogP contribution in [0.15, 0.2) is 52.9 Å². The van der Waals surface area contributed by atoms with Gasteiger partial charge in [-0.05, 0) is 37.8 Å². The molecule has 1 fully saturated rings. The summed E-state index contributed by atoms with van der Waals surface area (Å²) in [6, 6.07) is 9.93. The van der Waals surface area contributed by atoms with E-state index in [1.54, 1.807) is 10.6 Å². The predicted octanol–water partition coefficient (Wildman–Crippen LogP) is 4.37. The van der Waals surface area contributed by atoms with Crippen molar-refractivity contribution in [3.8, 4) is 0 Å². The Morgan fingerprint density at radius 3 is 2.76 bits per heavy atom. The second-order valence-corrected chi connectivity index (χ2v) is 9.53. The van der Waals surface area contributed by atoms with Gasteiger partial charge < -0.3 is 5.32 Å². The number of hydrogen-bond donors (Lipinski definition) is 1. The minimum absolute atomic E-state index is 0.0401. The van der Waals surface area contributed by atoms with E-state index in [4.69, 9.17) is 4.98 Å². The zero-order valence-corrected chi connectivity index (χ0v) is 18.1. The molecule has 0 radical (unpaired) electrons. The van der Waals surface area contributed by atoms with Crippen LogP contribution in [0.3, 0.4) is 0 Å². The van der Waals surface area contributed by atoms with Crippen molar-refractivity contribution in [3.63, 3.8) is 0 Å². The van der Waals surface area contributed by atoms with Gasteiger partial charge in [0.15, 0.2) is 5.16 Å². The summed E-state index contributed by atoms with van der Waals surface area (Å²) in [5.41, 5.74) is 1.80. The van der Waals surface area contributed by atoms with Crippen LogP contribution in [0.4, 0.5) is 0 Å². The van der Waals surface area contributed by atoms with E-state index in [9.17, 15) is 9.59 Å². The Balaban J connectivity index is 1.80. The lowest BCUT2D eigenvalue weighted by Gasteiger charge is -2.18. The molecule has 2 heterocycles. The van der Waals surface area contributed by atoms with Gasteiger partial charge in [-0.2, -0.15) is 0 Å². The topological polar surface area (TPSA) is 64.0 Å². The van der Waals surface area contributed by atoms with Crippen LogP contribution in [0.2, 0.25) is 0 Å². The number of aromatic nitrogens is 2. The average Bonchev–Trinajstić information content (AvgIpc) is 3.47. The van der Waals surface area contributed by atoms with E-state index < -0.39 is 5.25 Å². The van der Waals surface area contributed by atoms with Crippen molar-refractivity contribution in [2.45, 2.75) is 49.7 Å². The molecule has 1 aliphatic rings. The van der Waals surface area contributed by atoms with Crippen molar-refractivity contribution in [2.24, 2.45) is 0 Å². The Morgan fingerprint density at radius 1 is 1.38 bits per heavy atom. The fourth-order valence-electron chi connectivity index (χ4n) is 3.20. The van der Waals surface area contributed by atoms with Gasteiger partial charge in [-0.15, -0.1) is 17.9 Å². The molecule has 29 heavy (non-hydrogen) atoms. The van der Waals surface area contributed by atoms with Gasteiger partial charge in [0, 0.05) is 17.5 Å². The fourth-order valence-corrected chi connectivity index (χ4v) is 5.38. The number of aryl methyl sites for hydroxylation is 2. The zero-order valence-electron chi connectivity index (χ0n) is 16.5. The SMILES string of the molecule is C=CCn1c(SC(C(=O)NC2CC2)c2ccccc2)nc2sc(C)c(C)c2c1=O. The number of rotatable bonds is 7. The zero-order chi connectivity index (χ0) is 20.5. The maximum atomic E-state index is 13.2. The summed E-state index contributed by atoms with van der Waals surface area (Å²) in [6.07, 6.45) is 3.74. The van der Waals surface area contributed by atoms with Crippen LogP contribution < -0.4 is 10.9 Å². The molecule has 0 aliphatic heterocycles. The molecule has 0 saturated heterocycles. The van der Waals surface area contributed by atoms with Crippen LogP contribution in [0.1, 0.15) is 34.1 Å². The molecule has 2 aromatic heterocycles. The number of thiophene rings is 1. The molecule has 1 amide bonds. The second-order valence-electron chi connectivity index (χ2n) is 7.25. The number of carbonyl (C=O) groups excluding carboxylic acids is 1. The summed E-state index contributed by atoms with van der Waals surface area (Å²) in [7, 11) is 0. The number of nitrogens with one attached hydrogen (secondary N) is 1. The van der Waals surface area contributed by atoms with Crippen molar-refractivity contribution in [1.82, 2.24) is 14.9 Å². The highest BCUT2D eigenvalue weighted by atomic mass is 32.2. The summed E-state index contributed by atoms with van der Waals surface area (Å²) < 4.78 is 1.62. The van der Waals surface area contributed by atoms with E-state index >= 15 is 0 Å². The van der Waals surface area contributed by atoms with Gasteiger partial charge in [0.1, 0.15) is 10.1 Å². The van der Waals surface area contributed by atoms with E-state index in [2.05, 4.69) is 11.9 Å². The molecule has 1 aromatic carbocycles. The van der Waals surface area contributed by atoms with Crippen LogP contribution in [0, 0.1) is 13.8 Å². The third-order valence-corrected chi connectivity index (χ3v) is 7.40. The van der Waals surface area contributed by atoms with Crippen molar-refractivity contribution < 1.29 is 4.79 Å². The van der Waals surface area contributed by atoms with Gasteiger partial charge in [0.25, 0.3) is 5.56 Å². The molecule has 0 spiro atoms. The molecule has 1 aliphatic carbocycles. The molecule has 4 rings (SSSR count). The number of amides is 1. The van der Waals surface area contributed by atoms with Crippen LogP contribution in [0.5, 0.6) is 0 Å². The normalized spacial score (nSPS) is 14.7. The average molecular weight is 426 g/mol. The van der Waals surface area contributed by atoms with E-state index in [1.807, 2.05) is 44.2 Å². The molecule has 7 heteroatoms. The van der Waals surface area contributed by atoms with Crippen molar-refractivity contribution >= 4 is 39.2 Å². The molecule has 1 unspecified atom stereocenters. The third-order valence-electron chi connectivity index (χ3n) is 5.05. The quantitative estimate of drug-likeness (QED) is 0.347. The lowest BCUT2D eigenvalue weighted by Crippen LogP contribution is -2.30. The second kappa shape index (κ2) is 8.16. The fraction of sp³-hybridized carbons (Fsp3) is 0.318. The number of carbonyl (C=O) groups is 1. The Labute approximate surface area is 177 Å². The van der Waals surface area contributed by atoms with Gasteiger partial charge in [0.05, 0.1) is 5.39 Å². The van der Waals surface area contributed by atoms with Crippen LogP contribution in [0.25, 0.3) is 10.2 Å². The van der Waals surface area contributed by atoms with E-state index in [0.717, 1.165) is 33.7 Å². The molecule has 0 bridgehead atoms. The highest BCUT2D eigenvalue weighted by Crippen LogP contribution is 2.37. The first-order valence-electron chi connectivity index (χ1n) is 9.63. The van der Waals surface area contributed by atoms with E-state index in [0.29, 0.717) is 17.1 Å². The van der Waals surface area contributed by atoms with Gasteiger partial charge in [-0.1, -0.05) is 48.2 Å². The number of nitrogens with zero attached hydrogens (tertiary/aromatic N) is 2. The summed E-state index contributed by atoms with van der Waals surface area (Å²) in [5, 5.41) is 3.83. The van der Waals surface area contributed by atoms with E-state index in [1.165, 1.54) is 23.1 Å². The standard InChI is InChI=1S/C22H23N3O2S2/c1-4-12-25-21(27)17-13(2)14(3)28-20(17)24-22(25)29-18(15-8-6-5-7-9-15)19(26)23-16-10-11-16/h4-9,16,18H,1,10-12H2,2-3H3,(H,23,26). The Hall–Kier alpha value is -2.38. The van der Waals surface area contributed by atoms with Crippen molar-refractivity contribution in [2.75, 3.05) is 0 Å². The maximum Gasteiger partial charge on any atom is 0.263 e. The maximum absolute atomic E-state index is 13.2. The van der Waals surface area contributed by atoms with Crippen LogP contribution in [-0.4, -0.2) is 21.5 Å². The summed E-state index contributed by atoms with van der Waals surface area (Å²) in [6.45, 7) is 8.10. The molecule has 5 nitrogen and oxygen atoms in total. The predicted molar refractivity (Wildman–Crippen MR) is 120 cm³/mol. The van der Waals surface area contributed by atoms with E-state index in [-0.39, 0.29) is 17.5 Å². The van der Waals surface area contributed by atoms with Crippen molar-refractivity contribution in [1.29, 1.82) is 0 Å². The highest BCUT2D eigenvalue weighted by molar-refractivity contribution is 8.00. The Kier molecular flexibility index (Phi) is 5.61. The van der Waals surface area contributed by atoms with Gasteiger partial charge >= 0.3 is 0 Å². The van der Waals surface area contributed by atoms with Gasteiger partial charge in [-0.3, -0.25) is 14.2 Å². The van der Waals surface area contributed by atoms with Gasteiger partial charge in [-0.25, -0.2) is 4.98 Å². The lowest BCUT2D eigenvalue weighted by atomic mass is 10.1. The highest BCUT2D eigenvalue weighted by Gasteiger charge is 2.30. The first-order chi connectivity index (χ1) is 14.0. The largest absolute Gasteiger partial charge is 0.352 e. The minimum Gasteiger partial charge on any atom is -0.352 e. The van der Waals surface area contributed by atoms with Crippen LogP contribution in [-0.2, 0) is 11.3 Å². The molecule has 150 valence electrons. The van der Waals surface area contributed by atoms with Crippen LogP contribution >= 0.6 is 23.1 Å². The molecule has 3 aromatic rings. The van der Waals surface area contributed by atoms with Gasteiger partial charge in [0.2, 0.25) is 5.91 Å². The molecule has 1 N–H and O–H groups in total. The number of fused-ring (bicyclic) bond motifs is 1. The third kappa shape index (κ3) is 4.02. The number of hydrogen-bond acceptors (Lipinski definition) is 5. The number of allylic oxidation sites excluding steroid dienone is 1. The molecular weight excluding hydrogens is 402 g/mol. The first kappa shape index (κ1) is 19.9. The molecule has 1 saturated carbocycles. The summed E-state index contributed by atoms with van der Waals surface area (Å²) in [4.78, 5) is 32.8. The first-order valence-corrected chi connectivity index (χ1v) is 11.3. The molecule has 1 atom stereocenters.